The third kappa shape index (κ3) is 8.22. The first-order valence-electron chi connectivity index (χ1n) is 10.1. The van der Waals surface area contributed by atoms with Crippen molar-refractivity contribution < 1.29 is 23.9 Å². The largest absolute Gasteiger partial charge is 0.467 e. The molecule has 0 aliphatic rings. The first kappa shape index (κ1) is 25.2. The van der Waals surface area contributed by atoms with Crippen LogP contribution in [-0.2, 0) is 19.1 Å². The molecule has 0 saturated heterocycles. The number of pyridine rings is 1. The van der Waals surface area contributed by atoms with Gasteiger partial charge in [-0.2, -0.15) is 0 Å². The number of carbonyl (C=O) groups excluding carboxylic acids is 3. The molecule has 1 heterocycles. The normalized spacial score (nSPS) is 12.9. The van der Waals surface area contributed by atoms with Crippen LogP contribution in [0.2, 0.25) is 0 Å². The van der Waals surface area contributed by atoms with Crippen molar-refractivity contribution in [1.82, 2.24) is 15.6 Å². The smallest absolute Gasteiger partial charge is 0.408 e. The molecule has 2 aromatic rings. The molecular formula is C23H29N3O5S. The number of nitrogens with zero attached hydrogens (tertiary/aromatic N) is 1. The molecule has 172 valence electrons. The van der Waals surface area contributed by atoms with Crippen molar-refractivity contribution in [2.24, 2.45) is 0 Å². The van der Waals surface area contributed by atoms with Crippen LogP contribution in [0.15, 0.2) is 53.6 Å². The number of amides is 2. The Hall–Kier alpha value is -3.07. The van der Waals surface area contributed by atoms with Gasteiger partial charge in [0.15, 0.2) is 0 Å². The maximum Gasteiger partial charge on any atom is 0.408 e. The van der Waals surface area contributed by atoms with Crippen molar-refractivity contribution in [2.45, 2.75) is 50.3 Å². The monoisotopic (exact) mass is 459 g/mol. The lowest BCUT2D eigenvalue weighted by Gasteiger charge is -2.23. The predicted octanol–water partition coefficient (Wildman–Crippen LogP) is 3.41. The summed E-state index contributed by atoms with van der Waals surface area (Å²) >= 11 is 1.39. The highest BCUT2D eigenvalue weighted by Gasteiger charge is 2.26. The highest BCUT2D eigenvalue weighted by Crippen LogP contribution is 2.24. The number of methoxy groups -OCH3 is 1. The number of alkyl carbamates (subject to hydrolysis) is 1. The Morgan fingerprint density at radius 2 is 1.78 bits per heavy atom. The van der Waals surface area contributed by atoms with Crippen molar-refractivity contribution in [3.63, 3.8) is 0 Å². The Kier molecular flexibility index (Phi) is 9.07. The van der Waals surface area contributed by atoms with Gasteiger partial charge < -0.3 is 20.1 Å². The summed E-state index contributed by atoms with van der Waals surface area (Å²) in [6, 6.07) is 11.7. The quantitative estimate of drug-likeness (QED) is 0.460. The maximum atomic E-state index is 12.5. The summed E-state index contributed by atoms with van der Waals surface area (Å²) in [5.41, 5.74) is 1.11. The van der Waals surface area contributed by atoms with E-state index < -0.39 is 35.7 Å². The topological polar surface area (TPSA) is 107 Å². The average Bonchev–Trinajstić information content (AvgIpc) is 2.75. The van der Waals surface area contributed by atoms with Crippen LogP contribution in [0, 0.1) is 0 Å². The minimum absolute atomic E-state index is 0.246. The summed E-state index contributed by atoms with van der Waals surface area (Å²) in [6.07, 6.45) is 0.984. The number of nitrogens with one attached hydrogen (secondary N) is 2. The van der Waals surface area contributed by atoms with E-state index in [-0.39, 0.29) is 5.75 Å². The standard InChI is InChI=1S/C23H29N3O5S/c1-15(25-22(29)31-23(2,3)4)20(27)26-19(21(28)30-5)14-32-17-11-12-24-18(13-17)16-9-7-6-8-10-16/h6-13,15,19H,14H2,1-5H3,(H,25,29)(H,26,27). The summed E-state index contributed by atoms with van der Waals surface area (Å²) in [5.74, 6) is -0.852. The van der Waals surface area contributed by atoms with Crippen LogP contribution in [0.1, 0.15) is 27.7 Å². The molecule has 0 fully saturated rings. The van der Waals surface area contributed by atoms with Crippen LogP contribution in [0.25, 0.3) is 11.3 Å². The highest BCUT2D eigenvalue weighted by molar-refractivity contribution is 7.99. The average molecular weight is 460 g/mol. The second kappa shape index (κ2) is 11.5. The number of ether oxygens (including phenoxy) is 2. The van der Waals surface area contributed by atoms with Crippen LogP contribution in [0.4, 0.5) is 4.79 Å². The van der Waals surface area contributed by atoms with E-state index in [1.54, 1.807) is 27.0 Å². The fourth-order valence-electron chi connectivity index (χ4n) is 2.60. The zero-order valence-electron chi connectivity index (χ0n) is 18.9. The molecule has 0 bridgehead atoms. The fraction of sp³-hybridized carbons (Fsp3) is 0.391. The van der Waals surface area contributed by atoms with Crippen LogP contribution in [-0.4, -0.2) is 53.5 Å². The molecule has 2 amide bonds. The van der Waals surface area contributed by atoms with E-state index in [1.165, 1.54) is 25.8 Å². The number of benzene rings is 1. The number of hydrogen-bond donors (Lipinski definition) is 2. The number of carbonyl (C=O) groups is 3. The Morgan fingerprint density at radius 3 is 2.41 bits per heavy atom. The minimum atomic E-state index is -0.896. The summed E-state index contributed by atoms with van der Waals surface area (Å²) in [6.45, 7) is 6.69. The predicted molar refractivity (Wildman–Crippen MR) is 123 cm³/mol. The van der Waals surface area contributed by atoms with E-state index in [2.05, 4.69) is 15.6 Å². The van der Waals surface area contributed by atoms with E-state index in [4.69, 9.17) is 9.47 Å². The molecule has 2 unspecified atom stereocenters. The summed E-state index contributed by atoms with van der Waals surface area (Å²) < 4.78 is 9.98. The van der Waals surface area contributed by atoms with E-state index >= 15 is 0 Å². The highest BCUT2D eigenvalue weighted by atomic mass is 32.2. The lowest BCUT2D eigenvalue weighted by molar-refractivity contribution is -0.144. The molecule has 1 aromatic carbocycles. The molecule has 0 aliphatic carbocycles. The zero-order valence-corrected chi connectivity index (χ0v) is 19.7. The molecule has 0 radical (unpaired) electrons. The van der Waals surface area contributed by atoms with Gasteiger partial charge in [0.05, 0.1) is 12.8 Å². The SMILES string of the molecule is COC(=O)C(CSc1ccnc(-c2ccccc2)c1)NC(=O)C(C)NC(=O)OC(C)(C)C. The first-order valence-corrected chi connectivity index (χ1v) is 11.1. The minimum Gasteiger partial charge on any atom is -0.467 e. The number of aromatic nitrogens is 1. The van der Waals surface area contributed by atoms with Gasteiger partial charge in [0.25, 0.3) is 0 Å². The Labute approximate surface area is 192 Å². The third-order valence-corrected chi connectivity index (χ3v) is 5.23. The molecule has 8 nitrogen and oxygen atoms in total. The van der Waals surface area contributed by atoms with Gasteiger partial charge in [0, 0.05) is 22.4 Å². The van der Waals surface area contributed by atoms with Crippen molar-refractivity contribution in [1.29, 1.82) is 0 Å². The van der Waals surface area contributed by atoms with E-state index in [9.17, 15) is 14.4 Å². The second-order valence-electron chi connectivity index (χ2n) is 8.01. The van der Waals surface area contributed by atoms with E-state index in [1.807, 2.05) is 42.5 Å². The van der Waals surface area contributed by atoms with Crippen molar-refractivity contribution in [2.75, 3.05) is 12.9 Å². The maximum absolute atomic E-state index is 12.5. The molecule has 0 aliphatic heterocycles. The Balaban J connectivity index is 2.00. The van der Waals surface area contributed by atoms with Crippen molar-refractivity contribution >= 4 is 29.7 Å². The van der Waals surface area contributed by atoms with Gasteiger partial charge in [-0.15, -0.1) is 11.8 Å². The molecule has 0 saturated carbocycles. The molecule has 2 rings (SSSR count). The Bertz CT molecular complexity index is 931. The molecule has 9 heteroatoms. The van der Waals surface area contributed by atoms with Gasteiger partial charge >= 0.3 is 12.1 Å². The summed E-state index contributed by atoms with van der Waals surface area (Å²) in [5, 5.41) is 5.09. The lowest BCUT2D eigenvalue weighted by Crippen LogP contribution is -2.52. The molecule has 32 heavy (non-hydrogen) atoms. The van der Waals surface area contributed by atoms with Crippen molar-refractivity contribution in [3.05, 3.63) is 48.7 Å². The number of esters is 1. The van der Waals surface area contributed by atoms with Gasteiger partial charge in [-0.1, -0.05) is 30.3 Å². The Morgan fingerprint density at radius 1 is 1.09 bits per heavy atom. The molecule has 2 atom stereocenters. The van der Waals surface area contributed by atoms with Crippen LogP contribution >= 0.6 is 11.8 Å². The lowest BCUT2D eigenvalue weighted by atomic mass is 10.1. The van der Waals surface area contributed by atoms with Crippen LogP contribution in [0.5, 0.6) is 0 Å². The zero-order chi connectivity index (χ0) is 23.7. The molecular weight excluding hydrogens is 430 g/mol. The van der Waals surface area contributed by atoms with E-state index in [0.717, 1.165) is 16.2 Å². The summed E-state index contributed by atoms with van der Waals surface area (Å²) in [7, 11) is 1.26. The summed E-state index contributed by atoms with van der Waals surface area (Å²) in [4.78, 5) is 41.9. The van der Waals surface area contributed by atoms with Gasteiger partial charge in [-0.05, 0) is 39.8 Å². The van der Waals surface area contributed by atoms with Gasteiger partial charge in [0.1, 0.15) is 17.7 Å². The van der Waals surface area contributed by atoms with Crippen molar-refractivity contribution in [3.8, 4) is 11.3 Å². The van der Waals surface area contributed by atoms with Crippen LogP contribution in [0.3, 0.4) is 0 Å². The van der Waals surface area contributed by atoms with Gasteiger partial charge in [0.2, 0.25) is 5.91 Å². The van der Waals surface area contributed by atoms with E-state index in [0.29, 0.717) is 0 Å². The number of hydrogen-bond acceptors (Lipinski definition) is 7. The first-order chi connectivity index (χ1) is 15.1. The van der Waals surface area contributed by atoms with Crippen LogP contribution < -0.4 is 10.6 Å². The number of rotatable bonds is 8. The third-order valence-electron chi connectivity index (χ3n) is 4.15. The molecule has 0 spiro atoms. The molecule has 1 aromatic heterocycles. The molecule has 2 N–H and O–H groups in total. The van der Waals surface area contributed by atoms with Gasteiger partial charge in [-0.3, -0.25) is 9.78 Å². The number of thioether (sulfide) groups is 1. The fourth-order valence-corrected chi connectivity index (χ4v) is 3.54. The van der Waals surface area contributed by atoms with Gasteiger partial charge in [-0.25, -0.2) is 9.59 Å². The second-order valence-corrected chi connectivity index (χ2v) is 9.10.